The number of rotatable bonds is 6. The summed E-state index contributed by atoms with van der Waals surface area (Å²) in [6.07, 6.45) is -0.106. The number of hydrogen-bond donors (Lipinski definition) is 1. The summed E-state index contributed by atoms with van der Waals surface area (Å²) in [6, 6.07) is 14.0. The average Bonchev–Trinajstić information content (AvgIpc) is 2.71. The predicted molar refractivity (Wildman–Crippen MR) is 107 cm³/mol. The van der Waals surface area contributed by atoms with Gasteiger partial charge in [-0.05, 0) is 36.1 Å². The van der Waals surface area contributed by atoms with E-state index in [9.17, 15) is 14.4 Å². The minimum atomic E-state index is -0.721. The molecule has 29 heavy (non-hydrogen) atoms. The van der Waals surface area contributed by atoms with Crippen molar-refractivity contribution in [1.82, 2.24) is 5.32 Å². The fourth-order valence-electron chi connectivity index (χ4n) is 2.84. The zero-order valence-electron chi connectivity index (χ0n) is 16.2. The van der Waals surface area contributed by atoms with Crippen molar-refractivity contribution in [3.63, 3.8) is 0 Å². The van der Waals surface area contributed by atoms with Gasteiger partial charge < -0.3 is 19.2 Å². The Bertz CT molecular complexity index is 1090. The molecule has 3 aromatic rings. The van der Waals surface area contributed by atoms with Crippen LogP contribution >= 0.6 is 0 Å². The van der Waals surface area contributed by atoms with Gasteiger partial charge >= 0.3 is 17.7 Å². The number of alkyl carbamates (subject to hydrolysis) is 1. The van der Waals surface area contributed by atoms with Gasteiger partial charge in [-0.3, -0.25) is 0 Å². The molecule has 0 fully saturated rings. The molecule has 2 aromatic carbocycles. The Labute approximate surface area is 167 Å². The van der Waals surface area contributed by atoms with Gasteiger partial charge in [0.2, 0.25) is 0 Å². The van der Waals surface area contributed by atoms with Gasteiger partial charge in [0, 0.05) is 17.5 Å². The molecule has 0 aliphatic rings. The van der Waals surface area contributed by atoms with Crippen molar-refractivity contribution in [2.75, 3.05) is 6.54 Å². The first kappa shape index (κ1) is 20.1. The third kappa shape index (κ3) is 5.22. The van der Waals surface area contributed by atoms with Gasteiger partial charge in [0.05, 0.1) is 0 Å². The molecule has 7 heteroatoms. The zero-order chi connectivity index (χ0) is 20.8. The first-order valence-corrected chi connectivity index (χ1v) is 9.19. The summed E-state index contributed by atoms with van der Waals surface area (Å²) >= 11 is 0. The zero-order valence-corrected chi connectivity index (χ0v) is 16.2. The van der Waals surface area contributed by atoms with Crippen molar-refractivity contribution in [1.29, 1.82) is 0 Å². The Hall–Kier alpha value is -3.61. The number of fused-ring (bicyclic) bond motifs is 1. The molecular formula is C22H21NO6. The number of benzene rings is 2. The number of nitrogens with one attached hydrogen (secondary N) is 1. The lowest BCUT2D eigenvalue weighted by Gasteiger charge is -2.11. The van der Waals surface area contributed by atoms with Crippen molar-refractivity contribution >= 4 is 23.0 Å². The molecule has 0 spiro atoms. The van der Waals surface area contributed by atoms with Gasteiger partial charge in [-0.25, -0.2) is 14.4 Å². The van der Waals surface area contributed by atoms with Crippen molar-refractivity contribution in [2.24, 2.45) is 0 Å². The quantitative estimate of drug-likeness (QED) is 0.390. The SMILES string of the molecule is CCc1cc2c(C)cc(=O)oc2cc1OC(=O)CNC(=O)OCc1ccccc1. The van der Waals surface area contributed by atoms with Crippen LogP contribution in [-0.4, -0.2) is 18.6 Å². The second-order valence-corrected chi connectivity index (χ2v) is 6.45. The third-order valence-corrected chi connectivity index (χ3v) is 4.33. The molecule has 1 aromatic heterocycles. The molecule has 150 valence electrons. The molecule has 0 unspecified atom stereocenters. The minimum absolute atomic E-state index is 0.102. The van der Waals surface area contributed by atoms with Crippen LogP contribution in [0.3, 0.4) is 0 Å². The van der Waals surface area contributed by atoms with Crippen LogP contribution in [0.4, 0.5) is 4.79 Å². The second-order valence-electron chi connectivity index (χ2n) is 6.45. The Kier molecular flexibility index (Phi) is 6.29. The molecule has 0 aliphatic heterocycles. The monoisotopic (exact) mass is 395 g/mol. The van der Waals surface area contributed by atoms with Crippen LogP contribution in [0.15, 0.2) is 57.7 Å². The number of aryl methyl sites for hydroxylation is 2. The lowest BCUT2D eigenvalue weighted by atomic mass is 10.1. The molecule has 0 bridgehead atoms. The van der Waals surface area contributed by atoms with E-state index in [1.807, 2.05) is 50.2 Å². The van der Waals surface area contributed by atoms with Gasteiger partial charge in [0.15, 0.2) is 0 Å². The van der Waals surface area contributed by atoms with Gasteiger partial charge in [-0.15, -0.1) is 0 Å². The van der Waals surface area contributed by atoms with E-state index >= 15 is 0 Å². The highest BCUT2D eigenvalue weighted by Crippen LogP contribution is 2.27. The summed E-state index contributed by atoms with van der Waals surface area (Å²) in [5.74, 6) is -0.371. The molecule has 3 rings (SSSR count). The number of hydrogen-bond acceptors (Lipinski definition) is 6. The molecule has 0 saturated carbocycles. The highest BCUT2D eigenvalue weighted by molar-refractivity contribution is 5.85. The topological polar surface area (TPSA) is 94.8 Å². The van der Waals surface area contributed by atoms with E-state index in [1.165, 1.54) is 12.1 Å². The first-order chi connectivity index (χ1) is 14.0. The van der Waals surface area contributed by atoms with Crippen LogP contribution < -0.4 is 15.7 Å². The van der Waals surface area contributed by atoms with Gasteiger partial charge in [-0.1, -0.05) is 37.3 Å². The standard InChI is InChI=1S/C22H21NO6/c1-3-16-10-17-14(2)9-20(24)29-19(17)11-18(16)28-21(25)12-23-22(26)27-13-15-7-5-4-6-8-15/h4-11H,3,12-13H2,1-2H3,(H,23,26). The van der Waals surface area contributed by atoms with Crippen LogP contribution in [0, 0.1) is 6.92 Å². The molecule has 0 radical (unpaired) electrons. The molecular weight excluding hydrogens is 374 g/mol. The maximum atomic E-state index is 12.1. The highest BCUT2D eigenvalue weighted by atomic mass is 16.6. The maximum Gasteiger partial charge on any atom is 0.407 e. The second kappa shape index (κ2) is 9.05. The van der Waals surface area contributed by atoms with E-state index in [0.29, 0.717) is 17.8 Å². The van der Waals surface area contributed by atoms with Crippen molar-refractivity contribution < 1.29 is 23.5 Å². The van der Waals surface area contributed by atoms with Gasteiger partial charge in [0.25, 0.3) is 0 Å². The summed E-state index contributed by atoms with van der Waals surface area (Å²) in [6.45, 7) is 3.48. The lowest BCUT2D eigenvalue weighted by molar-refractivity contribution is -0.133. The molecule has 0 atom stereocenters. The first-order valence-electron chi connectivity index (χ1n) is 9.19. The molecule has 7 nitrogen and oxygen atoms in total. The van der Waals surface area contributed by atoms with Crippen LogP contribution in [-0.2, 0) is 22.6 Å². The molecule has 0 saturated heterocycles. The van der Waals surface area contributed by atoms with E-state index in [1.54, 1.807) is 0 Å². The van der Waals surface area contributed by atoms with E-state index in [4.69, 9.17) is 13.9 Å². The van der Waals surface area contributed by atoms with Crippen LogP contribution in [0.2, 0.25) is 0 Å². The van der Waals surface area contributed by atoms with E-state index in [0.717, 1.165) is 22.1 Å². The van der Waals surface area contributed by atoms with Gasteiger partial charge in [-0.2, -0.15) is 0 Å². The van der Waals surface area contributed by atoms with Crippen LogP contribution in [0.25, 0.3) is 11.0 Å². The summed E-state index contributed by atoms with van der Waals surface area (Å²) in [5, 5.41) is 3.14. The van der Waals surface area contributed by atoms with Crippen molar-refractivity contribution in [3.8, 4) is 5.75 Å². The molecule has 1 N–H and O–H groups in total. The summed E-state index contributed by atoms with van der Waals surface area (Å²) in [4.78, 5) is 35.5. The van der Waals surface area contributed by atoms with E-state index < -0.39 is 17.7 Å². The molecule has 0 aliphatic carbocycles. The number of esters is 1. The number of carbonyl (C=O) groups is 2. The fourth-order valence-corrected chi connectivity index (χ4v) is 2.84. The highest BCUT2D eigenvalue weighted by Gasteiger charge is 2.14. The Balaban J connectivity index is 1.61. The lowest BCUT2D eigenvalue weighted by Crippen LogP contribution is -2.32. The van der Waals surface area contributed by atoms with E-state index in [-0.39, 0.29) is 13.2 Å². The smallest absolute Gasteiger partial charge is 0.407 e. The fraction of sp³-hybridized carbons (Fsp3) is 0.227. The summed E-state index contributed by atoms with van der Waals surface area (Å²) < 4.78 is 15.6. The predicted octanol–water partition coefficient (Wildman–Crippen LogP) is 3.50. The molecule has 1 amide bonds. The number of amides is 1. The Morgan fingerprint density at radius 2 is 1.86 bits per heavy atom. The molecule has 1 heterocycles. The Morgan fingerprint density at radius 1 is 1.10 bits per heavy atom. The Morgan fingerprint density at radius 3 is 2.59 bits per heavy atom. The third-order valence-electron chi connectivity index (χ3n) is 4.33. The summed E-state index contributed by atoms with van der Waals surface area (Å²) in [7, 11) is 0. The maximum absolute atomic E-state index is 12.1. The average molecular weight is 395 g/mol. The van der Waals surface area contributed by atoms with E-state index in [2.05, 4.69) is 5.32 Å². The normalized spacial score (nSPS) is 10.6. The van der Waals surface area contributed by atoms with Crippen LogP contribution in [0.5, 0.6) is 5.75 Å². The van der Waals surface area contributed by atoms with Crippen molar-refractivity contribution in [2.45, 2.75) is 26.9 Å². The largest absolute Gasteiger partial charge is 0.445 e. The van der Waals surface area contributed by atoms with Crippen LogP contribution in [0.1, 0.15) is 23.6 Å². The number of ether oxygens (including phenoxy) is 2. The van der Waals surface area contributed by atoms with Crippen molar-refractivity contribution in [3.05, 3.63) is 75.6 Å². The minimum Gasteiger partial charge on any atom is -0.445 e. The number of carbonyl (C=O) groups excluding carboxylic acids is 2. The van der Waals surface area contributed by atoms with Gasteiger partial charge in [0.1, 0.15) is 24.5 Å². The summed E-state index contributed by atoms with van der Waals surface area (Å²) in [5.41, 5.74) is 2.27.